The lowest BCUT2D eigenvalue weighted by molar-refractivity contribution is -0.139. The highest BCUT2D eigenvalue weighted by Crippen LogP contribution is 2.28. The first-order valence-corrected chi connectivity index (χ1v) is 15.0. The van der Waals surface area contributed by atoms with E-state index in [9.17, 15) is 9.59 Å². The van der Waals surface area contributed by atoms with Crippen molar-refractivity contribution in [3.63, 3.8) is 0 Å². The first-order chi connectivity index (χ1) is 18.4. The van der Waals surface area contributed by atoms with E-state index in [4.69, 9.17) is 23.2 Å². The lowest BCUT2D eigenvalue weighted by Gasteiger charge is -2.33. The van der Waals surface area contributed by atoms with Crippen LogP contribution in [0.15, 0.2) is 72.8 Å². The second-order valence-corrected chi connectivity index (χ2v) is 11.7. The highest BCUT2D eigenvalue weighted by atomic mass is 35.5. The number of nitrogens with zero attached hydrogens (tertiary/aromatic N) is 1. The molecule has 4 rings (SSSR count). The van der Waals surface area contributed by atoms with Gasteiger partial charge in [-0.15, -0.1) is 11.8 Å². The van der Waals surface area contributed by atoms with Crippen LogP contribution in [0.3, 0.4) is 0 Å². The quantitative estimate of drug-likeness (QED) is 0.265. The average Bonchev–Trinajstić information content (AvgIpc) is 3.41. The molecule has 38 heavy (non-hydrogen) atoms. The van der Waals surface area contributed by atoms with Gasteiger partial charge < -0.3 is 10.2 Å². The van der Waals surface area contributed by atoms with Gasteiger partial charge in [-0.25, -0.2) is 0 Å². The molecule has 0 unspecified atom stereocenters. The summed E-state index contributed by atoms with van der Waals surface area (Å²) in [5, 5.41) is 4.20. The van der Waals surface area contributed by atoms with Crippen LogP contribution in [0.4, 0.5) is 0 Å². The number of carbonyl (C=O) groups excluding carboxylic acids is 2. The van der Waals surface area contributed by atoms with Gasteiger partial charge in [-0.1, -0.05) is 102 Å². The summed E-state index contributed by atoms with van der Waals surface area (Å²) >= 11 is 14.6. The van der Waals surface area contributed by atoms with Crippen molar-refractivity contribution < 1.29 is 9.59 Å². The Morgan fingerprint density at radius 2 is 1.61 bits per heavy atom. The summed E-state index contributed by atoms with van der Waals surface area (Å²) in [6.07, 6.45) is 4.58. The predicted octanol–water partition coefficient (Wildman–Crippen LogP) is 7.23. The zero-order valence-corrected chi connectivity index (χ0v) is 24.0. The van der Waals surface area contributed by atoms with Crippen LogP contribution in [-0.4, -0.2) is 34.6 Å². The van der Waals surface area contributed by atoms with Crippen molar-refractivity contribution in [2.45, 2.75) is 63.4 Å². The number of benzene rings is 3. The van der Waals surface area contributed by atoms with Crippen LogP contribution in [0.5, 0.6) is 0 Å². The lowest BCUT2D eigenvalue weighted by Crippen LogP contribution is -2.52. The largest absolute Gasteiger partial charge is 0.352 e. The molecule has 1 atom stereocenters. The van der Waals surface area contributed by atoms with Gasteiger partial charge in [0.1, 0.15) is 6.04 Å². The Morgan fingerprint density at radius 1 is 0.947 bits per heavy atom. The summed E-state index contributed by atoms with van der Waals surface area (Å²) in [6.45, 7) is 2.23. The second kappa shape index (κ2) is 14.1. The maximum absolute atomic E-state index is 13.8. The lowest BCUT2D eigenvalue weighted by atomic mass is 10.0. The topological polar surface area (TPSA) is 49.4 Å². The van der Waals surface area contributed by atoms with Crippen LogP contribution in [0.1, 0.15) is 47.9 Å². The molecule has 0 radical (unpaired) electrons. The third-order valence-corrected chi connectivity index (χ3v) is 8.64. The molecule has 0 saturated heterocycles. The molecule has 0 bridgehead atoms. The Balaban J connectivity index is 1.60. The molecule has 1 fully saturated rings. The standard InChI is InChI=1S/C31H34Cl2N2O2S/c1-22-9-7-12-24(17-22)20-38-21-30(36)35(19-26-27(32)15-8-16-28(26)33)29(18-23-10-3-2-4-11-23)31(37)34-25-13-5-6-14-25/h2-4,7-12,15-17,25,29H,5-6,13-14,18-21H2,1H3,(H,34,37)/t29-/m0/s1. The Morgan fingerprint density at radius 3 is 2.29 bits per heavy atom. The molecular formula is C31H34Cl2N2O2S. The van der Waals surface area contributed by atoms with Crippen LogP contribution in [0.2, 0.25) is 10.0 Å². The van der Waals surface area contributed by atoms with Gasteiger partial charge in [-0.2, -0.15) is 0 Å². The van der Waals surface area contributed by atoms with Crippen molar-refractivity contribution in [2.24, 2.45) is 0 Å². The summed E-state index contributed by atoms with van der Waals surface area (Å²) in [4.78, 5) is 29.3. The SMILES string of the molecule is Cc1cccc(CSCC(=O)N(Cc2c(Cl)cccc2Cl)[C@@H](Cc2ccccc2)C(=O)NC2CCCC2)c1. The van der Waals surface area contributed by atoms with Crippen molar-refractivity contribution in [3.8, 4) is 0 Å². The van der Waals surface area contributed by atoms with Crippen molar-refractivity contribution in [1.82, 2.24) is 10.2 Å². The minimum Gasteiger partial charge on any atom is -0.352 e. The zero-order valence-electron chi connectivity index (χ0n) is 21.7. The number of halogens is 2. The number of rotatable bonds is 11. The van der Waals surface area contributed by atoms with Crippen molar-refractivity contribution >= 4 is 46.8 Å². The molecule has 0 aromatic heterocycles. The van der Waals surface area contributed by atoms with E-state index < -0.39 is 6.04 Å². The molecule has 4 nitrogen and oxygen atoms in total. The number of amides is 2. The van der Waals surface area contributed by atoms with Crippen LogP contribution in [-0.2, 0) is 28.3 Å². The molecular weight excluding hydrogens is 535 g/mol. The molecule has 0 aliphatic heterocycles. The average molecular weight is 570 g/mol. The van der Waals surface area contributed by atoms with Gasteiger partial charge in [0.25, 0.3) is 0 Å². The van der Waals surface area contributed by atoms with Gasteiger partial charge in [-0.3, -0.25) is 9.59 Å². The minimum absolute atomic E-state index is 0.110. The van der Waals surface area contributed by atoms with Crippen molar-refractivity contribution in [2.75, 3.05) is 5.75 Å². The van der Waals surface area contributed by atoms with Gasteiger partial charge in [0.2, 0.25) is 11.8 Å². The van der Waals surface area contributed by atoms with Crippen LogP contribution in [0.25, 0.3) is 0 Å². The Bertz CT molecular complexity index is 1210. The Kier molecular flexibility index (Phi) is 10.6. The van der Waals surface area contributed by atoms with Gasteiger partial charge in [0.05, 0.1) is 5.75 Å². The smallest absolute Gasteiger partial charge is 0.243 e. The van der Waals surface area contributed by atoms with Gasteiger partial charge in [-0.05, 0) is 43.0 Å². The molecule has 0 heterocycles. The number of hydrogen-bond acceptors (Lipinski definition) is 3. The van der Waals surface area contributed by atoms with Crippen LogP contribution >= 0.6 is 35.0 Å². The van der Waals surface area contributed by atoms with E-state index in [1.54, 1.807) is 34.9 Å². The number of carbonyl (C=O) groups is 2. The monoisotopic (exact) mass is 568 g/mol. The predicted molar refractivity (Wildman–Crippen MR) is 159 cm³/mol. The van der Waals surface area contributed by atoms with Crippen LogP contribution < -0.4 is 5.32 Å². The Labute approximate surface area is 240 Å². The zero-order chi connectivity index (χ0) is 26.9. The van der Waals surface area contributed by atoms with Gasteiger partial charge in [0.15, 0.2) is 0 Å². The highest BCUT2D eigenvalue weighted by molar-refractivity contribution is 7.99. The van der Waals surface area contributed by atoms with E-state index >= 15 is 0 Å². The molecule has 3 aromatic carbocycles. The van der Waals surface area contributed by atoms with E-state index in [2.05, 4.69) is 30.4 Å². The van der Waals surface area contributed by atoms with E-state index in [1.807, 2.05) is 36.4 Å². The fourth-order valence-corrected chi connectivity index (χ4v) is 6.29. The highest BCUT2D eigenvalue weighted by Gasteiger charge is 2.32. The Hall–Kier alpha value is -2.47. The summed E-state index contributed by atoms with van der Waals surface area (Å²) < 4.78 is 0. The number of hydrogen-bond donors (Lipinski definition) is 1. The maximum Gasteiger partial charge on any atom is 0.243 e. The minimum atomic E-state index is -0.683. The number of nitrogens with one attached hydrogen (secondary N) is 1. The molecule has 1 saturated carbocycles. The summed E-state index contributed by atoms with van der Waals surface area (Å²) in [6, 6.07) is 22.9. The summed E-state index contributed by atoms with van der Waals surface area (Å²) in [7, 11) is 0. The van der Waals surface area contributed by atoms with Crippen LogP contribution in [0, 0.1) is 6.92 Å². The first-order valence-electron chi connectivity index (χ1n) is 13.1. The number of thioether (sulfide) groups is 1. The molecule has 1 aliphatic rings. The molecule has 7 heteroatoms. The maximum atomic E-state index is 13.8. The summed E-state index contributed by atoms with van der Waals surface area (Å²) in [5.41, 5.74) is 4.01. The van der Waals surface area contributed by atoms with Crippen molar-refractivity contribution in [1.29, 1.82) is 0 Å². The molecule has 1 aliphatic carbocycles. The summed E-state index contributed by atoms with van der Waals surface area (Å²) in [5.74, 6) is 0.728. The molecule has 3 aromatic rings. The van der Waals surface area contributed by atoms with Gasteiger partial charge >= 0.3 is 0 Å². The van der Waals surface area contributed by atoms with E-state index in [0.717, 1.165) is 31.2 Å². The second-order valence-electron chi connectivity index (χ2n) is 9.90. The number of aryl methyl sites for hydroxylation is 1. The fourth-order valence-electron chi connectivity index (χ4n) is 4.92. The van der Waals surface area contributed by atoms with E-state index in [1.165, 1.54) is 11.1 Å². The molecule has 1 N–H and O–H groups in total. The molecule has 2 amide bonds. The third kappa shape index (κ3) is 8.02. The van der Waals surface area contributed by atoms with Gasteiger partial charge in [0, 0.05) is 40.4 Å². The third-order valence-electron chi connectivity index (χ3n) is 6.94. The fraction of sp³-hybridized carbons (Fsp3) is 0.355. The first kappa shape index (κ1) is 28.5. The normalized spacial score (nSPS) is 14.3. The molecule has 200 valence electrons. The van der Waals surface area contributed by atoms with E-state index in [0.29, 0.717) is 27.8 Å². The van der Waals surface area contributed by atoms with Crippen molar-refractivity contribution in [3.05, 3.63) is 105 Å². The molecule has 0 spiro atoms. The van der Waals surface area contributed by atoms with E-state index in [-0.39, 0.29) is 30.2 Å².